The minimum Gasteiger partial charge on any atom is -0.482 e. The Kier molecular flexibility index (Phi) is 5.30. The van der Waals surface area contributed by atoms with Crippen molar-refractivity contribution < 1.29 is 14.3 Å². The van der Waals surface area contributed by atoms with Gasteiger partial charge < -0.3 is 14.5 Å². The van der Waals surface area contributed by atoms with Crippen molar-refractivity contribution in [2.24, 2.45) is 14.1 Å². The number of carbonyl (C=O) groups is 2. The van der Waals surface area contributed by atoms with Crippen LogP contribution in [0.25, 0.3) is 0 Å². The number of anilines is 2. The first-order valence-electron chi connectivity index (χ1n) is 10.1. The summed E-state index contributed by atoms with van der Waals surface area (Å²) < 4.78 is 7.96. The van der Waals surface area contributed by atoms with Gasteiger partial charge >= 0.3 is 5.69 Å². The maximum Gasteiger partial charge on any atom is 0.332 e. The van der Waals surface area contributed by atoms with Crippen LogP contribution in [-0.2, 0) is 23.7 Å². The van der Waals surface area contributed by atoms with Gasteiger partial charge in [0.1, 0.15) is 17.6 Å². The minimum absolute atomic E-state index is 0.0978. The number of amides is 2. The van der Waals surface area contributed by atoms with Gasteiger partial charge in [0, 0.05) is 46.3 Å². The molecule has 0 N–H and O–H groups in total. The maximum absolute atomic E-state index is 13.2. The highest BCUT2D eigenvalue weighted by Crippen LogP contribution is 2.33. The lowest BCUT2D eigenvalue weighted by molar-refractivity contribution is -0.135. The van der Waals surface area contributed by atoms with Crippen LogP contribution in [0.4, 0.5) is 11.5 Å². The number of hydrogen-bond donors (Lipinski definition) is 0. The molecule has 10 heteroatoms. The van der Waals surface area contributed by atoms with Crippen LogP contribution in [0.5, 0.6) is 5.75 Å². The van der Waals surface area contributed by atoms with Crippen LogP contribution in [0.3, 0.4) is 0 Å². The number of ether oxygens (including phenoxy) is 1. The zero-order valence-electron chi connectivity index (χ0n) is 17.8. The van der Waals surface area contributed by atoms with Gasteiger partial charge in [-0.05, 0) is 19.1 Å². The zero-order chi connectivity index (χ0) is 22.3. The van der Waals surface area contributed by atoms with Crippen molar-refractivity contribution in [3.05, 3.63) is 51.2 Å². The molecule has 1 aromatic carbocycles. The van der Waals surface area contributed by atoms with Crippen LogP contribution < -0.4 is 25.8 Å². The Labute approximate surface area is 178 Å². The number of benzene rings is 1. The van der Waals surface area contributed by atoms with Gasteiger partial charge in [-0.1, -0.05) is 12.1 Å². The Morgan fingerprint density at radius 1 is 1.00 bits per heavy atom. The summed E-state index contributed by atoms with van der Waals surface area (Å²) in [5.74, 6) is 0.708. The van der Waals surface area contributed by atoms with Gasteiger partial charge in [-0.25, -0.2) is 4.79 Å². The molecular formula is C21H25N5O5. The van der Waals surface area contributed by atoms with E-state index in [9.17, 15) is 19.2 Å². The molecule has 0 aliphatic carbocycles. The number of fused-ring (bicyclic) bond motifs is 1. The van der Waals surface area contributed by atoms with Gasteiger partial charge in [0.15, 0.2) is 6.61 Å². The monoisotopic (exact) mass is 427 g/mol. The van der Waals surface area contributed by atoms with E-state index < -0.39 is 6.04 Å². The lowest BCUT2D eigenvalue weighted by Crippen LogP contribution is -2.57. The molecule has 1 atom stereocenters. The Bertz CT molecular complexity index is 1150. The number of hydrogen-bond acceptors (Lipinski definition) is 6. The van der Waals surface area contributed by atoms with Gasteiger partial charge in [0.05, 0.1) is 5.69 Å². The van der Waals surface area contributed by atoms with Crippen LogP contribution in [0.15, 0.2) is 39.9 Å². The zero-order valence-corrected chi connectivity index (χ0v) is 17.8. The average Bonchev–Trinajstić information content (AvgIpc) is 2.79. The minimum atomic E-state index is -0.669. The second-order valence-corrected chi connectivity index (χ2v) is 7.75. The molecule has 2 aliphatic heterocycles. The molecule has 1 aromatic heterocycles. The second-order valence-electron chi connectivity index (χ2n) is 7.75. The number of carbonyl (C=O) groups excluding carboxylic acids is 2. The van der Waals surface area contributed by atoms with Gasteiger partial charge in [-0.3, -0.25) is 28.4 Å². The SMILES string of the molecule is CC(C(=O)N1CCN(c2cc(=O)n(C)c(=O)n2C)CC1)N1C(=O)COc2ccccc21. The Morgan fingerprint density at radius 3 is 2.39 bits per heavy atom. The fourth-order valence-corrected chi connectivity index (χ4v) is 4.10. The molecule has 0 spiro atoms. The summed E-state index contributed by atoms with van der Waals surface area (Å²) in [6.07, 6.45) is 0. The van der Waals surface area contributed by atoms with Crippen molar-refractivity contribution in [3.63, 3.8) is 0 Å². The normalized spacial score (nSPS) is 17.3. The summed E-state index contributed by atoms with van der Waals surface area (Å²) >= 11 is 0. The molecule has 3 heterocycles. The quantitative estimate of drug-likeness (QED) is 0.658. The van der Waals surface area contributed by atoms with Crippen LogP contribution in [0.1, 0.15) is 6.92 Å². The predicted molar refractivity (Wildman–Crippen MR) is 115 cm³/mol. The van der Waals surface area contributed by atoms with E-state index in [1.54, 1.807) is 37.1 Å². The van der Waals surface area contributed by atoms with Crippen molar-refractivity contribution in [1.82, 2.24) is 14.0 Å². The number of aromatic nitrogens is 2. The van der Waals surface area contributed by atoms with E-state index in [0.717, 1.165) is 4.57 Å². The molecule has 0 bridgehead atoms. The van der Waals surface area contributed by atoms with Crippen molar-refractivity contribution >= 4 is 23.3 Å². The third kappa shape index (κ3) is 3.58. The smallest absolute Gasteiger partial charge is 0.332 e. The third-order valence-corrected chi connectivity index (χ3v) is 5.91. The number of para-hydroxylation sites is 2. The van der Waals surface area contributed by atoms with E-state index in [1.807, 2.05) is 11.0 Å². The van der Waals surface area contributed by atoms with E-state index in [4.69, 9.17) is 4.74 Å². The summed E-state index contributed by atoms with van der Waals surface area (Å²) in [7, 11) is 3.07. The lowest BCUT2D eigenvalue weighted by Gasteiger charge is -2.40. The molecule has 2 amide bonds. The van der Waals surface area contributed by atoms with Gasteiger partial charge in [-0.15, -0.1) is 0 Å². The van der Waals surface area contributed by atoms with E-state index in [-0.39, 0.29) is 29.7 Å². The summed E-state index contributed by atoms with van der Waals surface area (Å²) in [4.78, 5) is 55.1. The number of rotatable bonds is 3. The maximum atomic E-state index is 13.2. The van der Waals surface area contributed by atoms with Gasteiger partial charge in [0.25, 0.3) is 11.5 Å². The fraction of sp³-hybridized carbons (Fsp3) is 0.429. The van der Waals surface area contributed by atoms with E-state index in [1.165, 1.54) is 22.6 Å². The van der Waals surface area contributed by atoms with Crippen molar-refractivity contribution in [2.45, 2.75) is 13.0 Å². The van der Waals surface area contributed by atoms with Crippen LogP contribution in [0.2, 0.25) is 0 Å². The Hall–Kier alpha value is -3.56. The molecule has 2 aliphatic rings. The fourth-order valence-electron chi connectivity index (χ4n) is 4.10. The molecule has 1 saturated heterocycles. The molecule has 4 rings (SSSR count). The summed E-state index contributed by atoms with van der Waals surface area (Å²) in [5, 5.41) is 0. The van der Waals surface area contributed by atoms with Crippen LogP contribution >= 0.6 is 0 Å². The van der Waals surface area contributed by atoms with E-state index in [0.29, 0.717) is 43.4 Å². The first-order chi connectivity index (χ1) is 14.8. The number of piperazine rings is 1. The molecule has 31 heavy (non-hydrogen) atoms. The average molecular weight is 427 g/mol. The molecule has 0 radical (unpaired) electrons. The first-order valence-corrected chi connectivity index (χ1v) is 10.1. The lowest BCUT2D eigenvalue weighted by atomic mass is 10.1. The van der Waals surface area contributed by atoms with Crippen LogP contribution in [0, 0.1) is 0 Å². The molecule has 164 valence electrons. The van der Waals surface area contributed by atoms with Gasteiger partial charge in [0.2, 0.25) is 5.91 Å². The molecule has 1 unspecified atom stereocenters. The summed E-state index contributed by atoms with van der Waals surface area (Å²) in [5.41, 5.74) is -0.165. The number of nitrogens with zero attached hydrogens (tertiary/aromatic N) is 5. The van der Waals surface area contributed by atoms with E-state index in [2.05, 4.69) is 0 Å². The van der Waals surface area contributed by atoms with Crippen molar-refractivity contribution in [2.75, 3.05) is 42.6 Å². The van der Waals surface area contributed by atoms with E-state index >= 15 is 0 Å². The molecule has 0 saturated carbocycles. The molecule has 2 aromatic rings. The summed E-state index contributed by atoms with van der Waals surface area (Å²) in [6.45, 7) is 3.43. The predicted octanol–water partition coefficient (Wildman–Crippen LogP) is -0.453. The third-order valence-electron chi connectivity index (χ3n) is 5.91. The highest BCUT2D eigenvalue weighted by Gasteiger charge is 2.36. The standard InChI is InChI=1S/C21H25N5O5/c1-14(26-15-6-4-5-7-16(15)31-13-19(26)28)20(29)25-10-8-24(9-11-25)17-12-18(27)23(3)21(30)22(17)2/h4-7,12,14H,8-11,13H2,1-3H3. The summed E-state index contributed by atoms with van der Waals surface area (Å²) in [6, 6.07) is 7.94. The second kappa shape index (κ2) is 7.93. The van der Waals surface area contributed by atoms with Crippen molar-refractivity contribution in [1.29, 1.82) is 0 Å². The molecule has 10 nitrogen and oxygen atoms in total. The van der Waals surface area contributed by atoms with Gasteiger partial charge in [-0.2, -0.15) is 0 Å². The van der Waals surface area contributed by atoms with Crippen molar-refractivity contribution in [3.8, 4) is 5.75 Å². The molecule has 1 fully saturated rings. The molecular weight excluding hydrogens is 402 g/mol. The Balaban J connectivity index is 1.49. The Morgan fingerprint density at radius 2 is 1.68 bits per heavy atom. The highest BCUT2D eigenvalue weighted by molar-refractivity contribution is 6.03. The topological polar surface area (TPSA) is 97.1 Å². The largest absolute Gasteiger partial charge is 0.482 e. The first kappa shape index (κ1) is 20.7. The van der Waals surface area contributed by atoms with Crippen LogP contribution in [-0.4, -0.2) is 64.7 Å². The highest BCUT2D eigenvalue weighted by atomic mass is 16.5.